The molecule has 9 nitrogen and oxygen atoms in total. The lowest BCUT2D eigenvalue weighted by atomic mass is 9.84. The normalized spacial score (nSPS) is 21.6. The maximum Gasteiger partial charge on any atom is 0.266 e. The summed E-state index contributed by atoms with van der Waals surface area (Å²) >= 11 is 6.06. The number of para-hydroxylation sites is 2. The highest BCUT2D eigenvalue weighted by Gasteiger charge is 2.41. The lowest BCUT2D eigenvalue weighted by Gasteiger charge is -2.29. The minimum absolute atomic E-state index is 0.00810. The lowest BCUT2D eigenvalue weighted by Crippen LogP contribution is -2.51. The third kappa shape index (κ3) is 9.00. The summed E-state index contributed by atoms with van der Waals surface area (Å²) in [5.74, 6) is 0.289. The molecule has 0 spiro atoms. The van der Waals surface area contributed by atoms with Crippen molar-refractivity contribution in [3.63, 3.8) is 0 Å². The molecule has 0 bridgehead atoms. The van der Waals surface area contributed by atoms with Crippen molar-refractivity contribution in [2.24, 2.45) is 11.8 Å². The number of likely N-dealkylation sites (tertiary alicyclic amines) is 1. The van der Waals surface area contributed by atoms with Gasteiger partial charge in [-0.1, -0.05) is 68.0 Å². The van der Waals surface area contributed by atoms with Gasteiger partial charge in [-0.05, 0) is 86.9 Å². The van der Waals surface area contributed by atoms with Gasteiger partial charge >= 0.3 is 0 Å². The van der Waals surface area contributed by atoms with Crippen LogP contribution < -0.4 is 10.6 Å². The molecule has 252 valence electrons. The van der Waals surface area contributed by atoms with E-state index in [1.54, 1.807) is 11.0 Å². The van der Waals surface area contributed by atoms with Gasteiger partial charge in [-0.3, -0.25) is 14.4 Å². The second-order valence-corrected chi connectivity index (χ2v) is 14.0. The smallest absolute Gasteiger partial charge is 0.266 e. The van der Waals surface area contributed by atoms with Crippen LogP contribution in [0.3, 0.4) is 0 Å². The number of rotatable bonds is 13. The molecule has 6 rings (SSSR count). The minimum Gasteiger partial charge on any atom is -0.434 e. The SMILES string of the molecule is O=C(c1nc2ccccc2o1)[C@H](CC1CCCCC1)NC(=O)[C@@H]1C[C@@H](OCc2ccc(Cl)cc2)CN1C(=O)CCCC1CCNCC1. The fraction of sp³-hybridized carbons (Fsp3) is 0.568. The van der Waals surface area contributed by atoms with Crippen LogP contribution in [0.25, 0.3) is 11.1 Å². The minimum atomic E-state index is -0.787. The number of hydrogen-bond acceptors (Lipinski definition) is 7. The van der Waals surface area contributed by atoms with Crippen molar-refractivity contribution in [2.45, 2.75) is 102 Å². The van der Waals surface area contributed by atoms with Gasteiger partial charge in [0.15, 0.2) is 5.58 Å². The van der Waals surface area contributed by atoms with Crippen LogP contribution in [-0.2, 0) is 20.9 Å². The molecule has 3 aliphatic rings. The van der Waals surface area contributed by atoms with E-state index < -0.39 is 12.1 Å². The molecule has 2 saturated heterocycles. The molecular formula is C37H47ClN4O5. The van der Waals surface area contributed by atoms with Gasteiger partial charge in [0.2, 0.25) is 17.6 Å². The van der Waals surface area contributed by atoms with Gasteiger partial charge in [0, 0.05) is 24.4 Å². The predicted molar refractivity (Wildman–Crippen MR) is 181 cm³/mol. The molecule has 47 heavy (non-hydrogen) atoms. The Morgan fingerprint density at radius 2 is 1.77 bits per heavy atom. The summed E-state index contributed by atoms with van der Waals surface area (Å²) in [7, 11) is 0. The Labute approximate surface area is 282 Å². The first-order valence-corrected chi connectivity index (χ1v) is 17.9. The van der Waals surface area contributed by atoms with Crippen LogP contribution in [-0.4, -0.2) is 65.3 Å². The number of hydrogen-bond donors (Lipinski definition) is 2. The number of nitrogens with zero attached hydrogens (tertiary/aromatic N) is 2. The first-order chi connectivity index (χ1) is 22.9. The number of amides is 2. The molecule has 3 heterocycles. The molecule has 3 atom stereocenters. The van der Waals surface area contributed by atoms with Gasteiger partial charge in [-0.2, -0.15) is 0 Å². The number of nitrogens with one attached hydrogen (secondary N) is 2. The molecule has 10 heteroatoms. The van der Waals surface area contributed by atoms with E-state index in [1.165, 1.54) is 6.42 Å². The third-order valence-electron chi connectivity index (χ3n) is 10.2. The first kappa shape index (κ1) is 33.6. The Balaban J connectivity index is 1.16. The van der Waals surface area contributed by atoms with E-state index in [4.69, 9.17) is 20.8 Å². The number of oxazole rings is 1. The van der Waals surface area contributed by atoms with Crippen LogP contribution in [0.4, 0.5) is 0 Å². The number of carbonyl (C=O) groups excluding carboxylic acids is 3. The Morgan fingerprint density at radius 3 is 2.53 bits per heavy atom. The maximum atomic E-state index is 14.1. The van der Waals surface area contributed by atoms with Crippen molar-refractivity contribution in [3.8, 4) is 0 Å². The number of ether oxygens (including phenoxy) is 1. The standard InChI is InChI=1S/C37H47ClN4O5/c38-28-15-13-27(14-16-28)24-46-29-22-32(42(23-29)34(43)12-6-9-25-17-19-39-20-18-25)36(45)40-31(21-26-7-2-1-3-8-26)35(44)37-41-30-10-4-5-11-33(30)47-37/h4-5,10-11,13-16,25-26,29,31-32,39H,1-3,6-9,12,17-24H2,(H,40,45)/t29-,31+,32+/m1/s1. The summed E-state index contributed by atoms with van der Waals surface area (Å²) in [6.45, 7) is 2.76. The van der Waals surface area contributed by atoms with Gasteiger partial charge in [-0.15, -0.1) is 0 Å². The molecule has 2 amide bonds. The Kier molecular flexibility index (Phi) is 11.6. The number of fused-ring (bicyclic) bond motifs is 1. The summed E-state index contributed by atoms with van der Waals surface area (Å²) < 4.78 is 12.1. The fourth-order valence-corrected chi connectivity index (χ4v) is 7.60. The number of carbonyl (C=O) groups is 3. The van der Waals surface area contributed by atoms with Gasteiger partial charge in [-0.25, -0.2) is 4.98 Å². The predicted octanol–water partition coefficient (Wildman–Crippen LogP) is 6.48. The number of halogens is 1. The molecular weight excluding hydrogens is 616 g/mol. The molecule has 3 fully saturated rings. The van der Waals surface area contributed by atoms with E-state index in [0.29, 0.717) is 60.4 Å². The Hall–Kier alpha value is -3.27. The highest BCUT2D eigenvalue weighted by molar-refractivity contribution is 6.30. The second kappa shape index (κ2) is 16.2. The zero-order valence-electron chi connectivity index (χ0n) is 27.1. The average Bonchev–Trinajstić information content (AvgIpc) is 3.74. The molecule has 2 N–H and O–H groups in total. The largest absolute Gasteiger partial charge is 0.434 e. The molecule has 1 aromatic heterocycles. The van der Waals surface area contributed by atoms with Gasteiger partial charge in [0.25, 0.3) is 5.89 Å². The van der Waals surface area contributed by atoms with Gasteiger partial charge < -0.3 is 24.7 Å². The summed E-state index contributed by atoms with van der Waals surface area (Å²) in [4.78, 5) is 47.8. The molecule has 3 aromatic rings. The van der Waals surface area contributed by atoms with Crippen LogP contribution in [0, 0.1) is 11.8 Å². The highest BCUT2D eigenvalue weighted by atomic mass is 35.5. The van der Waals surface area contributed by atoms with Crippen molar-refractivity contribution >= 4 is 40.3 Å². The number of benzene rings is 2. The molecule has 1 saturated carbocycles. The summed E-state index contributed by atoms with van der Waals surface area (Å²) in [5.41, 5.74) is 2.12. The van der Waals surface area contributed by atoms with Gasteiger partial charge in [0.1, 0.15) is 11.6 Å². The average molecular weight is 663 g/mol. The topological polar surface area (TPSA) is 114 Å². The quantitative estimate of drug-likeness (QED) is 0.202. The molecule has 1 aliphatic carbocycles. The zero-order valence-corrected chi connectivity index (χ0v) is 27.9. The number of ketones is 1. The lowest BCUT2D eigenvalue weighted by molar-refractivity contribution is -0.138. The fourth-order valence-electron chi connectivity index (χ4n) is 7.48. The first-order valence-electron chi connectivity index (χ1n) is 17.5. The van der Waals surface area contributed by atoms with Crippen molar-refractivity contribution in [2.75, 3.05) is 19.6 Å². The number of aromatic nitrogens is 1. The van der Waals surface area contributed by atoms with Crippen LogP contribution in [0.5, 0.6) is 0 Å². The highest BCUT2D eigenvalue weighted by Crippen LogP contribution is 2.30. The van der Waals surface area contributed by atoms with Crippen LogP contribution in [0.2, 0.25) is 5.02 Å². The van der Waals surface area contributed by atoms with Crippen LogP contribution in [0.15, 0.2) is 52.9 Å². The van der Waals surface area contributed by atoms with E-state index in [1.807, 2.05) is 42.5 Å². The van der Waals surface area contributed by atoms with Crippen molar-refractivity contribution in [1.82, 2.24) is 20.5 Å². The summed E-state index contributed by atoms with van der Waals surface area (Å²) in [5, 5.41) is 7.14. The summed E-state index contributed by atoms with van der Waals surface area (Å²) in [6.07, 6.45) is 10.6. The van der Waals surface area contributed by atoms with Crippen molar-refractivity contribution in [3.05, 3.63) is 65.0 Å². The van der Waals surface area contributed by atoms with Crippen LogP contribution in [0.1, 0.15) is 93.3 Å². The van der Waals surface area contributed by atoms with E-state index in [2.05, 4.69) is 15.6 Å². The third-order valence-corrected chi connectivity index (χ3v) is 10.4. The van der Waals surface area contributed by atoms with E-state index >= 15 is 0 Å². The van der Waals surface area contributed by atoms with Crippen molar-refractivity contribution in [1.29, 1.82) is 0 Å². The van der Waals surface area contributed by atoms with Gasteiger partial charge in [0.05, 0.1) is 18.8 Å². The van der Waals surface area contributed by atoms with Crippen molar-refractivity contribution < 1.29 is 23.5 Å². The molecule has 2 aliphatic heterocycles. The van der Waals surface area contributed by atoms with E-state index in [9.17, 15) is 14.4 Å². The second-order valence-electron chi connectivity index (χ2n) is 13.6. The maximum absolute atomic E-state index is 14.1. The molecule has 0 unspecified atom stereocenters. The molecule has 2 aromatic carbocycles. The monoisotopic (exact) mass is 662 g/mol. The van der Waals surface area contributed by atoms with E-state index in [0.717, 1.165) is 70.0 Å². The number of Topliss-reactive ketones (excluding diaryl/α,β-unsaturated/α-hetero) is 1. The van der Waals surface area contributed by atoms with Crippen LogP contribution >= 0.6 is 11.6 Å². The zero-order chi connectivity index (χ0) is 32.6. The molecule has 0 radical (unpaired) electrons. The Bertz CT molecular complexity index is 1460. The number of piperidine rings is 1. The summed E-state index contributed by atoms with van der Waals surface area (Å²) in [6, 6.07) is 13.3. The Morgan fingerprint density at radius 1 is 1.00 bits per heavy atom. The van der Waals surface area contributed by atoms with E-state index in [-0.39, 0.29) is 29.6 Å².